The van der Waals surface area contributed by atoms with Gasteiger partial charge in [0.25, 0.3) is 9.05 Å². The first-order chi connectivity index (χ1) is 7.81. The zero-order valence-electron chi connectivity index (χ0n) is 8.41. The third-order valence-electron chi connectivity index (χ3n) is 1.86. The maximum absolute atomic E-state index is 11.2. The van der Waals surface area contributed by atoms with E-state index in [1.807, 2.05) is 0 Å². The van der Waals surface area contributed by atoms with E-state index >= 15 is 0 Å². The van der Waals surface area contributed by atoms with Crippen LogP contribution in [0.15, 0.2) is 17.0 Å². The van der Waals surface area contributed by atoms with Crippen LogP contribution in [0.25, 0.3) is 0 Å². The Hall–Kier alpha value is -1.67. The zero-order valence-corrected chi connectivity index (χ0v) is 9.99. The van der Waals surface area contributed by atoms with Crippen LogP contribution in [0, 0.1) is 10.1 Å². The molecule has 92 valence electrons. The van der Waals surface area contributed by atoms with Gasteiger partial charge in [0.05, 0.1) is 12.0 Å². The molecule has 1 rings (SSSR count). The van der Waals surface area contributed by atoms with Crippen molar-refractivity contribution in [2.24, 2.45) is 0 Å². The second-order valence-electron chi connectivity index (χ2n) is 2.88. The van der Waals surface area contributed by atoms with Gasteiger partial charge in [-0.1, -0.05) is 0 Å². The zero-order chi connectivity index (χ0) is 13.2. The summed E-state index contributed by atoms with van der Waals surface area (Å²) in [6.07, 6.45) is 0.276. The SMILES string of the molecule is COc1c([N+](=O)[O-])cc(C=O)cc1S(=O)(=O)Cl. The van der Waals surface area contributed by atoms with Gasteiger partial charge in [-0.15, -0.1) is 0 Å². The van der Waals surface area contributed by atoms with E-state index in [9.17, 15) is 23.3 Å². The molecule has 7 nitrogen and oxygen atoms in total. The highest BCUT2D eigenvalue weighted by Crippen LogP contribution is 2.36. The molecule has 0 aliphatic heterocycles. The van der Waals surface area contributed by atoms with Gasteiger partial charge >= 0.3 is 5.69 Å². The third-order valence-corrected chi connectivity index (χ3v) is 3.18. The molecule has 0 unspecified atom stereocenters. The Labute approximate surface area is 101 Å². The van der Waals surface area contributed by atoms with Gasteiger partial charge in [0.2, 0.25) is 5.75 Å². The van der Waals surface area contributed by atoms with Crippen molar-refractivity contribution in [3.05, 3.63) is 27.8 Å². The minimum Gasteiger partial charge on any atom is -0.489 e. The lowest BCUT2D eigenvalue weighted by Crippen LogP contribution is -2.02. The molecular weight excluding hydrogens is 274 g/mol. The molecule has 0 spiro atoms. The normalized spacial score (nSPS) is 10.9. The summed E-state index contributed by atoms with van der Waals surface area (Å²) in [7, 11) is 1.92. The van der Waals surface area contributed by atoms with Crippen LogP contribution in [0.5, 0.6) is 5.75 Å². The lowest BCUT2D eigenvalue weighted by molar-refractivity contribution is -0.386. The number of rotatable bonds is 4. The number of methoxy groups -OCH3 is 1. The van der Waals surface area contributed by atoms with Gasteiger partial charge in [0.1, 0.15) is 11.2 Å². The van der Waals surface area contributed by atoms with E-state index in [2.05, 4.69) is 4.74 Å². The summed E-state index contributed by atoms with van der Waals surface area (Å²) in [5, 5.41) is 10.7. The number of nitro benzene ring substituents is 1. The first-order valence-corrected chi connectivity index (χ1v) is 6.38. The van der Waals surface area contributed by atoms with Gasteiger partial charge < -0.3 is 4.74 Å². The summed E-state index contributed by atoms with van der Waals surface area (Å²) in [5.41, 5.74) is -0.826. The highest BCUT2D eigenvalue weighted by molar-refractivity contribution is 8.13. The quantitative estimate of drug-likeness (QED) is 0.356. The topological polar surface area (TPSA) is 104 Å². The number of carbonyl (C=O) groups is 1. The van der Waals surface area contributed by atoms with Crippen LogP contribution >= 0.6 is 10.7 Å². The molecule has 0 radical (unpaired) electrons. The fraction of sp³-hybridized carbons (Fsp3) is 0.125. The fourth-order valence-electron chi connectivity index (χ4n) is 1.20. The molecule has 0 aliphatic rings. The van der Waals surface area contributed by atoms with E-state index in [0.29, 0.717) is 0 Å². The Kier molecular flexibility index (Phi) is 3.69. The maximum Gasteiger partial charge on any atom is 0.313 e. The second-order valence-corrected chi connectivity index (χ2v) is 5.42. The molecule has 17 heavy (non-hydrogen) atoms. The first-order valence-electron chi connectivity index (χ1n) is 4.07. The summed E-state index contributed by atoms with van der Waals surface area (Å²) in [6.45, 7) is 0. The lowest BCUT2D eigenvalue weighted by Gasteiger charge is -2.06. The molecule has 0 atom stereocenters. The number of nitro groups is 1. The molecule has 0 amide bonds. The molecule has 0 bridgehead atoms. The Morgan fingerprint density at radius 2 is 2.06 bits per heavy atom. The highest BCUT2D eigenvalue weighted by atomic mass is 35.7. The largest absolute Gasteiger partial charge is 0.489 e. The first kappa shape index (κ1) is 13.4. The van der Waals surface area contributed by atoms with Crippen LogP contribution in [-0.2, 0) is 9.05 Å². The number of carbonyl (C=O) groups excluding carboxylic acids is 1. The fourth-order valence-corrected chi connectivity index (χ4v) is 2.23. The Bertz CT molecular complexity index is 582. The smallest absolute Gasteiger partial charge is 0.313 e. The second kappa shape index (κ2) is 4.68. The van der Waals surface area contributed by atoms with Crippen molar-refractivity contribution in [2.45, 2.75) is 4.90 Å². The molecular formula is C8H6ClNO6S. The van der Waals surface area contributed by atoms with Crippen LogP contribution in [0.2, 0.25) is 0 Å². The highest BCUT2D eigenvalue weighted by Gasteiger charge is 2.27. The molecule has 0 saturated heterocycles. The van der Waals surface area contributed by atoms with E-state index in [1.54, 1.807) is 0 Å². The molecule has 0 aromatic heterocycles. The van der Waals surface area contributed by atoms with Crippen molar-refractivity contribution in [2.75, 3.05) is 7.11 Å². The van der Waals surface area contributed by atoms with Gasteiger partial charge in [0.15, 0.2) is 0 Å². The summed E-state index contributed by atoms with van der Waals surface area (Å²) in [5.74, 6) is -0.504. The van der Waals surface area contributed by atoms with E-state index in [-0.39, 0.29) is 11.8 Å². The Balaban J connectivity index is 3.75. The molecule has 0 fully saturated rings. The third kappa shape index (κ3) is 2.71. The van der Waals surface area contributed by atoms with Crippen molar-refractivity contribution in [1.82, 2.24) is 0 Å². The number of nitrogens with zero attached hydrogens (tertiary/aromatic N) is 1. The Morgan fingerprint density at radius 1 is 1.47 bits per heavy atom. The van der Waals surface area contributed by atoms with Crippen LogP contribution in [0.1, 0.15) is 10.4 Å². The average molecular weight is 280 g/mol. The van der Waals surface area contributed by atoms with Gasteiger partial charge in [-0.2, -0.15) is 0 Å². The number of ether oxygens (including phenoxy) is 1. The number of benzene rings is 1. The minimum atomic E-state index is -4.25. The van der Waals surface area contributed by atoms with Crippen molar-refractivity contribution < 1.29 is 22.9 Å². The Morgan fingerprint density at radius 3 is 2.41 bits per heavy atom. The molecule has 1 aromatic carbocycles. The minimum absolute atomic E-state index is 0.184. The predicted molar refractivity (Wildman–Crippen MR) is 58.1 cm³/mol. The number of hydrogen-bond donors (Lipinski definition) is 0. The maximum atomic E-state index is 11.2. The molecule has 0 saturated carbocycles. The van der Waals surface area contributed by atoms with Gasteiger partial charge in [0, 0.05) is 22.3 Å². The number of halogens is 1. The van der Waals surface area contributed by atoms with Crippen molar-refractivity contribution in [3.63, 3.8) is 0 Å². The van der Waals surface area contributed by atoms with E-state index in [1.165, 1.54) is 0 Å². The summed E-state index contributed by atoms with van der Waals surface area (Å²) < 4.78 is 27.0. The van der Waals surface area contributed by atoms with Crippen molar-refractivity contribution >= 4 is 31.7 Å². The monoisotopic (exact) mass is 279 g/mol. The molecule has 0 aliphatic carbocycles. The molecule has 1 aromatic rings. The lowest BCUT2D eigenvalue weighted by atomic mass is 10.2. The van der Waals surface area contributed by atoms with E-state index in [4.69, 9.17) is 10.7 Å². The van der Waals surface area contributed by atoms with Crippen LogP contribution in [-0.4, -0.2) is 26.7 Å². The summed E-state index contributed by atoms with van der Waals surface area (Å²) in [6, 6.07) is 1.80. The average Bonchev–Trinajstić information content (AvgIpc) is 2.25. The van der Waals surface area contributed by atoms with Gasteiger partial charge in [-0.25, -0.2) is 8.42 Å². The van der Waals surface area contributed by atoms with Gasteiger partial charge in [-0.05, 0) is 6.07 Å². The van der Waals surface area contributed by atoms with Gasteiger partial charge in [-0.3, -0.25) is 14.9 Å². The predicted octanol–water partition coefficient (Wildman–Crippen LogP) is 1.34. The van der Waals surface area contributed by atoms with Crippen molar-refractivity contribution in [3.8, 4) is 5.75 Å². The summed E-state index contributed by atoms with van der Waals surface area (Å²) in [4.78, 5) is 19.8. The summed E-state index contributed by atoms with van der Waals surface area (Å²) >= 11 is 0. The number of hydrogen-bond acceptors (Lipinski definition) is 6. The van der Waals surface area contributed by atoms with Crippen LogP contribution < -0.4 is 4.74 Å². The van der Waals surface area contributed by atoms with E-state index in [0.717, 1.165) is 19.2 Å². The standard InChI is InChI=1S/C8H6ClNO6S/c1-16-8-6(10(12)13)2-5(4-11)3-7(8)17(9,14)15/h2-4H,1H3. The molecule has 9 heteroatoms. The molecule has 0 heterocycles. The number of aldehydes is 1. The molecule has 0 N–H and O–H groups in total. The van der Waals surface area contributed by atoms with Crippen LogP contribution in [0.4, 0.5) is 5.69 Å². The van der Waals surface area contributed by atoms with Crippen molar-refractivity contribution in [1.29, 1.82) is 0 Å². The van der Waals surface area contributed by atoms with Crippen LogP contribution in [0.3, 0.4) is 0 Å². The van der Waals surface area contributed by atoms with E-state index < -0.39 is 30.3 Å².